The van der Waals surface area contributed by atoms with E-state index in [9.17, 15) is 4.79 Å². The number of Topliss-reactive ketones (excluding diaryl/α,β-unsaturated/α-hetero) is 1. The first-order chi connectivity index (χ1) is 13.0. The van der Waals surface area contributed by atoms with Crippen LogP contribution in [-0.4, -0.2) is 36.5 Å². The molecule has 2 aromatic carbocycles. The van der Waals surface area contributed by atoms with Crippen molar-refractivity contribution in [3.8, 4) is 11.5 Å². The van der Waals surface area contributed by atoms with Crippen molar-refractivity contribution in [2.24, 2.45) is 0 Å². The van der Waals surface area contributed by atoms with Gasteiger partial charge in [0.15, 0.2) is 17.3 Å². The number of fused-ring (bicyclic) bond motifs is 1. The Kier molecular flexibility index (Phi) is 5.54. The summed E-state index contributed by atoms with van der Waals surface area (Å²) in [5.74, 6) is 2.65. The Morgan fingerprint density at radius 1 is 1.11 bits per heavy atom. The normalized spacial score (nSPS) is 10.7. The average molecular weight is 365 g/mol. The number of aromatic nitrogens is 2. The molecule has 27 heavy (non-hydrogen) atoms. The SMILES string of the molecule is CCC(=O)COc1cc(N(C)c2nc(C)nc3ccccc23)ccc1OC. The van der Waals surface area contributed by atoms with E-state index in [1.54, 1.807) is 7.11 Å². The number of rotatable bonds is 7. The molecule has 0 saturated carbocycles. The van der Waals surface area contributed by atoms with E-state index in [2.05, 4.69) is 9.97 Å². The Labute approximate surface area is 158 Å². The molecule has 0 bridgehead atoms. The monoisotopic (exact) mass is 365 g/mol. The maximum atomic E-state index is 11.6. The van der Waals surface area contributed by atoms with Crippen LogP contribution in [0, 0.1) is 6.92 Å². The minimum absolute atomic E-state index is 0.0234. The molecule has 3 aromatic rings. The fourth-order valence-electron chi connectivity index (χ4n) is 2.80. The van der Waals surface area contributed by atoms with E-state index in [0.29, 0.717) is 23.7 Å². The summed E-state index contributed by atoms with van der Waals surface area (Å²) in [7, 11) is 3.52. The molecule has 6 heteroatoms. The highest BCUT2D eigenvalue weighted by Gasteiger charge is 2.15. The van der Waals surface area contributed by atoms with Crippen molar-refractivity contribution in [2.75, 3.05) is 25.7 Å². The summed E-state index contributed by atoms with van der Waals surface area (Å²) in [6, 6.07) is 13.5. The molecule has 3 rings (SSSR count). The van der Waals surface area contributed by atoms with Gasteiger partial charge in [0.25, 0.3) is 0 Å². The first-order valence-corrected chi connectivity index (χ1v) is 8.83. The van der Waals surface area contributed by atoms with Crippen molar-refractivity contribution in [1.82, 2.24) is 9.97 Å². The highest BCUT2D eigenvalue weighted by atomic mass is 16.5. The number of para-hydroxylation sites is 1. The molecule has 6 nitrogen and oxygen atoms in total. The van der Waals surface area contributed by atoms with Crippen LogP contribution in [0.25, 0.3) is 10.9 Å². The molecule has 1 aromatic heterocycles. The van der Waals surface area contributed by atoms with Gasteiger partial charge in [0, 0.05) is 30.6 Å². The molecule has 0 aliphatic carbocycles. The van der Waals surface area contributed by atoms with E-state index in [4.69, 9.17) is 9.47 Å². The van der Waals surface area contributed by atoms with Crippen molar-refractivity contribution in [2.45, 2.75) is 20.3 Å². The van der Waals surface area contributed by atoms with E-state index >= 15 is 0 Å². The number of benzene rings is 2. The third kappa shape index (κ3) is 4.00. The van der Waals surface area contributed by atoms with Crippen molar-refractivity contribution in [1.29, 1.82) is 0 Å². The first kappa shape index (κ1) is 18.6. The summed E-state index contributed by atoms with van der Waals surface area (Å²) in [6.45, 7) is 3.72. The van der Waals surface area contributed by atoms with Crippen LogP contribution in [-0.2, 0) is 4.79 Å². The molecule has 0 N–H and O–H groups in total. The highest BCUT2D eigenvalue weighted by molar-refractivity contribution is 5.91. The number of hydrogen-bond donors (Lipinski definition) is 0. The lowest BCUT2D eigenvalue weighted by atomic mass is 10.2. The van der Waals surface area contributed by atoms with Gasteiger partial charge in [-0.3, -0.25) is 4.79 Å². The number of carbonyl (C=O) groups is 1. The lowest BCUT2D eigenvalue weighted by molar-refractivity contribution is -0.120. The van der Waals surface area contributed by atoms with Crippen LogP contribution in [0.1, 0.15) is 19.2 Å². The van der Waals surface area contributed by atoms with E-state index in [1.165, 1.54) is 0 Å². The standard InChI is InChI=1S/C21H23N3O3/c1-5-16(25)13-27-20-12-15(10-11-19(20)26-4)24(3)21-17-8-6-7-9-18(17)22-14(2)23-21/h6-12H,5,13H2,1-4H3. The Morgan fingerprint density at radius 3 is 2.63 bits per heavy atom. The summed E-state index contributed by atoms with van der Waals surface area (Å²) >= 11 is 0. The number of hydrogen-bond acceptors (Lipinski definition) is 6. The molecule has 1 heterocycles. The molecule has 0 radical (unpaired) electrons. The number of ketones is 1. The maximum Gasteiger partial charge on any atom is 0.169 e. The van der Waals surface area contributed by atoms with E-state index in [0.717, 1.165) is 22.4 Å². The fourth-order valence-corrected chi connectivity index (χ4v) is 2.80. The summed E-state index contributed by atoms with van der Waals surface area (Å²) in [6.07, 6.45) is 0.439. The van der Waals surface area contributed by atoms with Gasteiger partial charge in [-0.05, 0) is 31.2 Å². The number of carbonyl (C=O) groups excluding carboxylic acids is 1. The zero-order chi connectivity index (χ0) is 19.4. The molecule has 0 aliphatic rings. The van der Waals surface area contributed by atoms with Crippen molar-refractivity contribution < 1.29 is 14.3 Å². The second-order valence-electron chi connectivity index (χ2n) is 6.19. The van der Waals surface area contributed by atoms with Gasteiger partial charge in [0.05, 0.1) is 12.6 Å². The molecule has 0 fully saturated rings. The Hall–Kier alpha value is -3.15. The van der Waals surface area contributed by atoms with Crippen LogP contribution in [0.4, 0.5) is 11.5 Å². The maximum absolute atomic E-state index is 11.6. The third-order valence-electron chi connectivity index (χ3n) is 4.33. The number of nitrogens with zero attached hydrogens (tertiary/aromatic N) is 3. The van der Waals surface area contributed by atoms with Gasteiger partial charge in [0.2, 0.25) is 0 Å². The van der Waals surface area contributed by atoms with Crippen molar-refractivity contribution in [3.05, 3.63) is 48.3 Å². The predicted molar refractivity (Wildman–Crippen MR) is 106 cm³/mol. The summed E-state index contributed by atoms with van der Waals surface area (Å²) in [5.41, 5.74) is 1.77. The molecule has 140 valence electrons. The first-order valence-electron chi connectivity index (χ1n) is 8.83. The van der Waals surface area contributed by atoms with Crippen molar-refractivity contribution in [3.63, 3.8) is 0 Å². The molecule has 0 saturated heterocycles. The molecule has 0 amide bonds. The summed E-state index contributed by atoms with van der Waals surface area (Å²) < 4.78 is 11.0. The number of methoxy groups -OCH3 is 1. The largest absolute Gasteiger partial charge is 0.493 e. The molecular formula is C21H23N3O3. The van der Waals surface area contributed by atoms with Crippen LogP contribution in [0.5, 0.6) is 11.5 Å². The van der Waals surface area contributed by atoms with Gasteiger partial charge >= 0.3 is 0 Å². The number of aryl methyl sites for hydroxylation is 1. The topological polar surface area (TPSA) is 64.5 Å². The van der Waals surface area contributed by atoms with E-state index in [-0.39, 0.29) is 12.4 Å². The molecule has 0 aliphatic heterocycles. The van der Waals surface area contributed by atoms with Crippen LogP contribution in [0.15, 0.2) is 42.5 Å². The quantitative estimate of drug-likeness (QED) is 0.629. The second-order valence-corrected chi connectivity index (χ2v) is 6.19. The Morgan fingerprint density at radius 2 is 1.89 bits per heavy atom. The van der Waals surface area contributed by atoms with Gasteiger partial charge in [-0.2, -0.15) is 0 Å². The van der Waals surface area contributed by atoms with Crippen LogP contribution < -0.4 is 14.4 Å². The second kappa shape index (κ2) is 8.03. The number of anilines is 2. The third-order valence-corrected chi connectivity index (χ3v) is 4.33. The van der Waals surface area contributed by atoms with Crippen molar-refractivity contribution >= 4 is 28.2 Å². The smallest absolute Gasteiger partial charge is 0.169 e. The van der Waals surface area contributed by atoms with Crippen LogP contribution in [0.3, 0.4) is 0 Å². The fraction of sp³-hybridized carbons (Fsp3) is 0.286. The molecular weight excluding hydrogens is 342 g/mol. The summed E-state index contributed by atoms with van der Waals surface area (Å²) in [4.78, 5) is 22.7. The van der Waals surface area contributed by atoms with Crippen LogP contribution in [0.2, 0.25) is 0 Å². The van der Waals surface area contributed by atoms with Gasteiger partial charge in [-0.1, -0.05) is 19.1 Å². The molecule has 0 unspecified atom stereocenters. The zero-order valence-corrected chi connectivity index (χ0v) is 16.0. The van der Waals surface area contributed by atoms with Gasteiger partial charge in [0.1, 0.15) is 18.2 Å². The lowest BCUT2D eigenvalue weighted by Gasteiger charge is -2.22. The molecule has 0 atom stereocenters. The predicted octanol–water partition coefficient (Wildman–Crippen LogP) is 4.07. The van der Waals surface area contributed by atoms with Gasteiger partial charge in [-0.25, -0.2) is 9.97 Å². The Bertz CT molecular complexity index is 972. The summed E-state index contributed by atoms with van der Waals surface area (Å²) in [5, 5.41) is 0.963. The lowest BCUT2D eigenvalue weighted by Crippen LogP contribution is -2.14. The van der Waals surface area contributed by atoms with E-state index in [1.807, 2.05) is 68.3 Å². The number of ether oxygens (including phenoxy) is 2. The minimum Gasteiger partial charge on any atom is -0.493 e. The average Bonchev–Trinajstić information content (AvgIpc) is 2.70. The minimum atomic E-state index is 0.0234. The van der Waals surface area contributed by atoms with Crippen LogP contribution >= 0.6 is 0 Å². The molecule has 0 spiro atoms. The van der Waals surface area contributed by atoms with Gasteiger partial charge in [-0.15, -0.1) is 0 Å². The highest BCUT2D eigenvalue weighted by Crippen LogP contribution is 2.35. The van der Waals surface area contributed by atoms with E-state index < -0.39 is 0 Å². The zero-order valence-electron chi connectivity index (χ0n) is 16.0. The van der Waals surface area contributed by atoms with Gasteiger partial charge < -0.3 is 14.4 Å². The Balaban J connectivity index is 2.00.